The molecule has 1 amide bonds. The van der Waals surface area contributed by atoms with Crippen LogP contribution in [0.1, 0.15) is 10.4 Å². The van der Waals surface area contributed by atoms with Crippen molar-refractivity contribution in [1.82, 2.24) is 9.97 Å². The molecule has 0 aliphatic heterocycles. The highest BCUT2D eigenvalue weighted by molar-refractivity contribution is 7.98. The second kappa shape index (κ2) is 7.19. The summed E-state index contributed by atoms with van der Waals surface area (Å²) in [6.45, 7) is 0. The Morgan fingerprint density at radius 2 is 2.22 bits per heavy atom. The summed E-state index contributed by atoms with van der Waals surface area (Å²) in [5.74, 6) is -0.238. The molecule has 0 aliphatic carbocycles. The van der Waals surface area contributed by atoms with E-state index in [-0.39, 0.29) is 5.91 Å². The molecule has 4 nitrogen and oxygen atoms in total. The quantitative estimate of drug-likeness (QED) is 0.582. The first-order chi connectivity index (χ1) is 11.1. The molecule has 118 valence electrons. The van der Waals surface area contributed by atoms with Crippen LogP contribution in [0.25, 0.3) is 11.3 Å². The number of anilines is 1. The van der Waals surface area contributed by atoms with Crippen molar-refractivity contribution in [3.05, 3.63) is 44.0 Å². The summed E-state index contributed by atoms with van der Waals surface area (Å²) < 4.78 is 1.18. The van der Waals surface area contributed by atoms with Crippen LogP contribution in [0.4, 0.5) is 5.13 Å². The third-order valence-electron chi connectivity index (χ3n) is 2.87. The van der Waals surface area contributed by atoms with Crippen molar-refractivity contribution >= 4 is 68.7 Å². The zero-order valence-electron chi connectivity index (χ0n) is 11.7. The van der Waals surface area contributed by atoms with E-state index in [9.17, 15) is 4.79 Å². The van der Waals surface area contributed by atoms with Gasteiger partial charge in [-0.2, -0.15) is 0 Å². The predicted octanol–water partition coefficient (Wildman–Crippen LogP) is 5.55. The summed E-state index contributed by atoms with van der Waals surface area (Å²) in [4.78, 5) is 20.9. The van der Waals surface area contributed by atoms with Crippen LogP contribution in [0.2, 0.25) is 8.67 Å². The van der Waals surface area contributed by atoms with Crippen molar-refractivity contribution < 1.29 is 4.79 Å². The SMILES string of the molecule is CSc1ncccc1C(=O)Nc1nc(-c2cc(Cl)sc2Cl)cs1. The molecule has 0 atom stereocenters. The molecule has 0 bridgehead atoms. The van der Waals surface area contributed by atoms with Gasteiger partial charge >= 0.3 is 0 Å². The normalized spacial score (nSPS) is 10.7. The minimum atomic E-state index is -0.238. The molecule has 0 saturated carbocycles. The van der Waals surface area contributed by atoms with Gasteiger partial charge in [-0.3, -0.25) is 10.1 Å². The molecule has 3 heterocycles. The Kier molecular flexibility index (Phi) is 5.23. The summed E-state index contributed by atoms with van der Waals surface area (Å²) in [5, 5.41) is 5.80. The Bertz CT molecular complexity index is 863. The number of nitrogens with zero attached hydrogens (tertiary/aromatic N) is 2. The van der Waals surface area contributed by atoms with Gasteiger partial charge in [-0.15, -0.1) is 34.4 Å². The number of aromatic nitrogens is 2. The fraction of sp³-hybridized carbons (Fsp3) is 0.0714. The highest BCUT2D eigenvalue weighted by Crippen LogP contribution is 2.39. The third-order valence-corrected chi connectivity index (χ3v) is 5.82. The number of rotatable bonds is 4. The minimum absolute atomic E-state index is 0.238. The number of pyridine rings is 1. The summed E-state index contributed by atoms with van der Waals surface area (Å²) in [7, 11) is 0. The van der Waals surface area contributed by atoms with Crippen LogP contribution >= 0.6 is 57.6 Å². The summed E-state index contributed by atoms with van der Waals surface area (Å²) in [6.07, 6.45) is 3.54. The lowest BCUT2D eigenvalue weighted by molar-refractivity contribution is 0.102. The number of nitrogens with one attached hydrogen (secondary N) is 1. The van der Waals surface area contributed by atoms with Crippen LogP contribution in [0.5, 0.6) is 0 Å². The lowest BCUT2D eigenvalue weighted by Gasteiger charge is -2.05. The maximum Gasteiger partial charge on any atom is 0.260 e. The molecular weight excluding hydrogens is 393 g/mol. The molecule has 3 aromatic rings. The molecule has 3 rings (SSSR count). The first kappa shape index (κ1) is 16.7. The highest BCUT2D eigenvalue weighted by atomic mass is 35.5. The molecule has 0 saturated heterocycles. The fourth-order valence-corrected chi connectivity index (χ4v) is 4.59. The largest absolute Gasteiger partial charge is 0.298 e. The van der Waals surface area contributed by atoms with E-state index >= 15 is 0 Å². The maximum atomic E-state index is 12.4. The molecule has 0 radical (unpaired) electrons. The van der Waals surface area contributed by atoms with Crippen molar-refractivity contribution in [1.29, 1.82) is 0 Å². The molecule has 3 aromatic heterocycles. The van der Waals surface area contributed by atoms with E-state index in [4.69, 9.17) is 23.2 Å². The molecule has 0 unspecified atom stereocenters. The Hall–Kier alpha value is -1.12. The van der Waals surface area contributed by atoms with E-state index in [1.807, 2.05) is 11.6 Å². The van der Waals surface area contributed by atoms with E-state index in [0.29, 0.717) is 30.1 Å². The zero-order valence-corrected chi connectivity index (χ0v) is 15.6. The Morgan fingerprint density at radius 3 is 2.91 bits per heavy atom. The summed E-state index contributed by atoms with van der Waals surface area (Å²) in [5.41, 5.74) is 1.98. The van der Waals surface area contributed by atoms with E-state index in [2.05, 4.69) is 15.3 Å². The van der Waals surface area contributed by atoms with E-state index in [1.165, 1.54) is 34.4 Å². The smallest absolute Gasteiger partial charge is 0.260 e. The number of thiazole rings is 1. The molecule has 0 fully saturated rings. The molecule has 0 spiro atoms. The van der Waals surface area contributed by atoms with Gasteiger partial charge in [0.2, 0.25) is 0 Å². The summed E-state index contributed by atoms with van der Waals surface area (Å²) >= 11 is 16.1. The number of hydrogen-bond donors (Lipinski definition) is 1. The minimum Gasteiger partial charge on any atom is -0.298 e. The molecule has 9 heteroatoms. The Labute approximate surface area is 154 Å². The molecule has 0 aromatic carbocycles. The van der Waals surface area contributed by atoms with E-state index in [0.717, 1.165) is 5.56 Å². The average molecular weight is 402 g/mol. The average Bonchev–Trinajstić information content (AvgIpc) is 3.13. The predicted molar refractivity (Wildman–Crippen MR) is 99.4 cm³/mol. The molecular formula is C14H9Cl2N3OS3. The monoisotopic (exact) mass is 401 g/mol. The van der Waals surface area contributed by atoms with Crippen LogP contribution < -0.4 is 5.32 Å². The van der Waals surface area contributed by atoms with Gasteiger partial charge in [-0.05, 0) is 24.5 Å². The van der Waals surface area contributed by atoms with E-state index < -0.39 is 0 Å². The third kappa shape index (κ3) is 3.70. The van der Waals surface area contributed by atoms with Crippen LogP contribution in [-0.2, 0) is 0 Å². The van der Waals surface area contributed by atoms with Gasteiger partial charge in [0.15, 0.2) is 5.13 Å². The first-order valence-electron chi connectivity index (χ1n) is 6.29. The maximum absolute atomic E-state index is 12.4. The van der Waals surface area contributed by atoms with Crippen molar-refractivity contribution in [2.45, 2.75) is 5.03 Å². The zero-order chi connectivity index (χ0) is 16.4. The fourth-order valence-electron chi connectivity index (χ4n) is 1.86. The number of hydrogen-bond acceptors (Lipinski definition) is 6. The van der Waals surface area contributed by atoms with Crippen molar-refractivity contribution in [2.75, 3.05) is 11.6 Å². The topological polar surface area (TPSA) is 54.9 Å². The molecule has 1 N–H and O–H groups in total. The van der Waals surface area contributed by atoms with Gasteiger partial charge in [-0.1, -0.05) is 23.2 Å². The van der Waals surface area contributed by atoms with Crippen LogP contribution in [0, 0.1) is 0 Å². The van der Waals surface area contributed by atoms with E-state index in [1.54, 1.807) is 24.4 Å². The lowest BCUT2D eigenvalue weighted by Crippen LogP contribution is -2.13. The second-order valence-corrected chi connectivity index (χ2v) is 8.23. The standard InChI is InChI=1S/C14H9Cl2N3OS3/c1-21-13-7(3-2-4-17-13)12(20)19-14-18-9(6-22-14)8-5-10(15)23-11(8)16/h2-6H,1H3,(H,18,19,20). The van der Waals surface area contributed by atoms with Crippen molar-refractivity contribution in [2.24, 2.45) is 0 Å². The molecule has 0 aliphatic rings. The number of amides is 1. The van der Waals surface area contributed by atoms with Crippen molar-refractivity contribution in [3.63, 3.8) is 0 Å². The number of carbonyl (C=O) groups excluding carboxylic acids is 1. The van der Waals surface area contributed by atoms with Crippen LogP contribution in [0.15, 0.2) is 34.8 Å². The summed E-state index contributed by atoms with van der Waals surface area (Å²) in [6, 6.07) is 5.23. The second-order valence-electron chi connectivity index (χ2n) is 4.29. The van der Waals surface area contributed by atoms with Gasteiger partial charge in [0.05, 0.1) is 15.6 Å². The number of thioether (sulfide) groups is 1. The highest BCUT2D eigenvalue weighted by Gasteiger charge is 2.16. The Morgan fingerprint density at radius 1 is 1.39 bits per heavy atom. The van der Waals surface area contributed by atoms with Gasteiger partial charge in [0, 0.05) is 17.1 Å². The molecule has 23 heavy (non-hydrogen) atoms. The number of carbonyl (C=O) groups is 1. The number of thiophene rings is 1. The Balaban J connectivity index is 1.82. The van der Waals surface area contributed by atoms with Gasteiger partial charge in [-0.25, -0.2) is 9.97 Å². The van der Waals surface area contributed by atoms with Gasteiger partial charge in [0.1, 0.15) is 9.36 Å². The van der Waals surface area contributed by atoms with Crippen LogP contribution in [-0.4, -0.2) is 22.1 Å². The van der Waals surface area contributed by atoms with Crippen LogP contribution in [0.3, 0.4) is 0 Å². The lowest BCUT2D eigenvalue weighted by atomic mass is 10.3. The first-order valence-corrected chi connectivity index (χ1v) is 9.97. The van der Waals surface area contributed by atoms with Crippen molar-refractivity contribution in [3.8, 4) is 11.3 Å². The number of halogens is 2. The van der Waals surface area contributed by atoms with Gasteiger partial charge in [0.25, 0.3) is 5.91 Å². The van der Waals surface area contributed by atoms with Gasteiger partial charge < -0.3 is 0 Å².